The van der Waals surface area contributed by atoms with Crippen molar-refractivity contribution in [2.75, 3.05) is 13.1 Å². The van der Waals surface area contributed by atoms with Crippen LogP contribution >= 0.6 is 0 Å². The van der Waals surface area contributed by atoms with Crippen molar-refractivity contribution in [2.45, 2.75) is 65.0 Å². The van der Waals surface area contributed by atoms with E-state index in [0.717, 1.165) is 19.6 Å². The van der Waals surface area contributed by atoms with Crippen LogP contribution in [0.1, 0.15) is 57.0 Å². The quantitative estimate of drug-likeness (QED) is 0.564. The number of aromatic amines is 1. The molecule has 1 aromatic heterocycles. The van der Waals surface area contributed by atoms with Crippen molar-refractivity contribution in [1.82, 2.24) is 20.8 Å². The van der Waals surface area contributed by atoms with Crippen molar-refractivity contribution < 1.29 is 0 Å². The molecular weight excluding hydrogens is 236 g/mol. The minimum atomic E-state index is 0.200. The summed E-state index contributed by atoms with van der Waals surface area (Å²) in [4.78, 5) is 0. The zero-order valence-corrected chi connectivity index (χ0v) is 12.6. The summed E-state index contributed by atoms with van der Waals surface area (Å²) in [7, 11) is 0. The summed E-state index contributed by atoms with van der Waals surface area (Å²) in [6.45, 7) is 9.45. The lowest BCUT2D eigenvalue weighted by molar-refractivity contribution is 0.421. The first kappa shape index (κ1) is 14.5. The Morgan fingerprint density at radius 3 is 2.68 bits per heavy atom. The van der Waals surface area contributed by atoms with Crippen LogP contribution in [0.3, 0.4) is 0 Å². The molecule has 0 unspecified atom stereocenters. The highest BCUT2D eigenvalue weighted by Crippen LogP contribution is 2.21. The Morgan fingerprint density at radius 1 is 1.11 bits per heavy atom. The second-order valence-corrected chi connectivity index (χ2v) is 6.54. The molecule has 0 saturated heterocycles. The van der Waals surface area contributed by atoms with Gasteiger partial charge in [0.15, 0.2) is 0 Å². The van der Waals surface area contributed by atoms with Crippen LogP contribution in [-0.2, 0) is 19.4 Å². The largest absolute Gasteiger partial charge is 0.311 e. The van der Waals surface area contributed by atoms with Crippen LogP contribution in [0.25, 0.3) is 0 Å². The van der Waals surface area contributed by atoms with E-state index in [1.54, 1.807) is 0 Å². The fraction of sp³-hybridized carbons (Fsp3) is 0.800. The predicted octanol–water partition coefficient (Wildman–Crippen LogP) is 2.16. The average Bonchev–Trinajstić information content (AvgIpc) is 2.57. The number of nitrogens with one attached hydrogen (secondary N) is 3. The van der Waals surface area contributed by atoms with Gasteiger partial charge >= 0.3 is 0 Å². The molecule has 0 saturated carbocycles. The third-order valence-corrected chi connectivity index (χ3v) is 3.64. The predicted molar refractivity (Wildman–Crippen MR) is 79.3 cm³/mol. The highest BCUT2D eigenvalue weighted by Gasteiger charge is 2.15. The SMILES string of the molecule is CC(C)(C)NCCNCc1n[nH]c2c1CCCCC2. The van der Waals surface area contributed by atoms with Gasteiger partial charge < -0.3 is 10.6 Å². The highest BCUT2D eigenvalue weighted by molar-refractivity contribution is 5.26. The molecule has 3 N–H and O–H groups in total. The van der Waals surface area contributed by atoms with Crippen LogP contribution in [-0.4, -0.2) is 28.8 Å². The van der Waals surface area contributed by atoms with E-state index in [4.69, 9.17) is 0 Å². The first-order valence-corrected chi connectivity index (χ1v) is 7.57. The third kappa shape index (κ3) is 4.62. The number of rotatable bonds is 5. The molecule has 0 fully saturated rings. The molecule has 19 heavy (non-hydrogen) atoms. The van der Waals surface area contributed by atoms with Gasteiger partial charge in [-0.1, -0.05) is 6.42 Å². The van der Waals surface area contributed by atoms with E-state index in [0.29, 0.717) is 0 Å². The molecule has 0 spiro atoms. The molecule has 4 nitrogen and oxygen atoms in total. The van der Waals surface area contributed by atoms with Gasteiger partial charge in [-0.15, -0.1) is 0 Å². The van der Waals surface area contributed by atoms with Crippen LogP contribution in [0, 0.1) is 0 Å². The zero-order chi connectivity index (χ0) is 13.7. The van der Waals surface area contributed by atoms with E-state index >= 15 is 0 Å². The topological polar surface area (TPSA) is 52.7 Å². The van der Waals surface area contributed by atoms with Crippen molar-refractivity contribution in [3.05, 3.63) is 17.0 Å². The second-order valence-electron chi connectivity index (χ2n) is 6.54. The summed E-state index contributed by atoms with van der Waals surface area (Å²) >= 11 is 0. The average molecular weight is 264 g/mol. The number of fused-ring (bicyclic) bond motifs is 1. The normalized spacial score (nSPS) is 16.2. The Hall–Kier alpha value is -0.870. The Kier molecular flexibility index (Phi) is 4.99. The minimum absolute atomic E-state index is 0.200. The van der Waals surface area contributed by atoms with Gasteiger partial charge in [-0.3, -0.25) is 5.10 Å². The molecule has 0 radical (unpaired) electrons. The number of aromatic nitrogens is 2. The monoisotopic (exact) mass is 264 g/mol. The molecule has 2 rings (SSSR count). The Morgan fingerprint density at radius 2 is 1.89 bits per heavy atom. The van der Waals surface area contributed by atoms with Crippen LogP contribution in [0.15, 0.2) is 0 Å². The number of aryl methyl sites for hydroxylation is 1. The summed E-state index contributed by atoms with van der Waals surface area (Å²) in [5.74, 6) is 0. The van der Waals surface area contributed by atoms with Gasteiger partial charge in [0, 0.05) is 30.9 Å². The molecule has 0 bridgehead atoms. The summed E-state index contributed by atoms with van der Waals surface area (Å²) in [5, 5.41) is 14.7. The molecule has 108 valence electrons. The fourth-order valence-electron chi connectivity index (χ4n) is 2.61. The Labute approximate surface area is 116 Å². The Bertz CT molecular complexity index is 389. The van der Waals surface area contributed by atoms with Crippen molar-refractivity contribution in [2.24, 2.45) is 0 Å². The number of hydrogen-bond donors (Lipinski definition) is 3. The van der Waals surface area contributed by atoms with Crippen LogP contribution in [0.4, 0.5) is 0 Å². The first-order chi connectivity index (χ1) is 9.06. The molecule has 1 aliphatic rings. The van der Waals surface area contributed by atoms with Crippen LogP contribution in [0.5, 0.6) is 0 Å². The smallest absolute Gasteiger partial charge is 0.0794 e. The van der Waals surface area contributed by atoms with Gasteiger partial charge in [0.25, 0.3) is 0 Å². The summed E-state index contributed by atoms with van der Waals surface area (Å²) in [5.41, 5.74) is 4.29. The number of nitrogens with zero attached hydrogens (tertiary/aromatic N) is 1. The molecule has 1 aliphatic carbocycles. The van der Waals surface area contributed by atoms with Gasteiger partial charge in [0.2, 0.25) is 0 Å². The summed E-state index contributed by atoms with van der Waals surface area (Å²) in [6, 6.07) is 0. The van der Waals surface area contributed by atoms with Gasteiger partial charge in [-0.05, 0) is 52.0 Å². The van der Waals surface area contributed by atoms with E-state index < -0.39 is 0 Å². The minimum Gasteiger partial charge on any atom is -0.311 e. The first-order valence-electron chi connectivity index (χ1n) is 7.57. The fourth-order valence-corrected chi connectivity index (χ4v) is 2.61. The van der Waals surface area contributed by atoms with Crippen LogP contribution in [0.2, 0.25) is 0 Å². The van der Waals surface area contributed by atoms with E-state index in [1.165, 1.54) is 49.1 Å². The molecule has 0 aromatic carbocycles. The molecule has 0 aliphatic heterocycles. The molecule has 0 atom stereocenters. The highest BCUT2D eigenvalue weighted by atomic mass is 15.1. The van der Waals surface area contributed by atoms with E-state index in [-0.39, 0.29) is 5.54 Å². The lowest BCUT2D eigenvalue weighted by Crippen LogP contribution is -2.40. The van der Waals surface area contributed by atoms with Crippen molar-refractivity contribution >= 4 is 0 Å². The van der Waals surface area contributed by atoms with Gasteiger partial charge in [-0.25, -0.2) is 0 Å². The van der Waals surface area contributed by atoms with Crippen molar-refractivity contribution in [3.8, 4) is 0 Å². The third-order valence-electron chi connectivity index (χ3n) is 3.64. The van der Waals surface area contributed by atoms with E-state index in [2.05, 4.69) is 41.6 Å². The zero-order valence-electron chi connectivity index (χ0n) is 12.6. The van der Waals surface area contributed by atoms with Gasteiger partial charge in [0.1, 0.15) is 0 Å². The lowest BCUT2D eigenvalue weighted by Gasteiger charge is -2.20. The maximum atomic E-state index is 4.48. The lowest BCUT2D eigenvalue weighted by atomic mass is 10.1. The molecular formula is C15H28N4. The van der Waals surface area contributed by atoms with E-state index in [9.17, 15) is 0 Å². The van der Waals surface area contributed by atoms with Gasteiger partial charge in [0.05, 0.1) is 5.69 Å². The number of H-pyrrole nitrogens is 1. The standard InChI is InChI=1S/C15H28N4/c1-15(2,3)17-10-9-16-11-14-12-7-5-4-6-8-13(12)18-19-14/h16-17H,4-11H2,1-3H3,(H,18,19). The summed E-state index contributed by atoms with van der Waals surface area (Å²) < 4.78 is 0. The molecule has 4 heteroatoms. The molecule has 1 aromatic rings. The van der Waals surface area contributed by atoms with Crippen molar-refractivity contribution in [3.63, 3.8) is 0 Å². The van der Waals surface area contributed by atoms with Gasteiger partial charge in [-0.2, -0.15) is 5.10 Å². The number of hydrogen-bond acceptors (Lipinski definition) is 3. The maximum absolute atomic E-state index is 4.48. The second kappa shape index (κ2) is 6.53. The molecule has 1 heterocycles. The van der Waals surface area contributed by atoms with E-state index in [1.807, 2.05) is 0 Å². The summed E-state index contributed by atoms with van der Waals surface area (Å²) in [6.07, 6.45) is 6.34. The Balaban J connectivity index is 1.76. The maximum Gasteiger partial charge on any atom is 0.0794 e. The van der Waals surface area contributed by atoms with Crippen molar-refractivity contribution in [1.29, 1.82) is 0 Å². The molecule has 0 amide bonds. The van der Waals surface area contributed by atoms with Crippen LogP contribution < -0.4 is 10.6 Å².